The highest BCUT2D eigenvalue weighted by Gasteiger charge is 2.21. The Balaban J connectivity index is 3.45. The Bertz CT molecular complexity index is 91.0. The predicted octanol–water partition coefficient (Wildman–Crippen LogP) is 2.72. The first-order valence-corrected chi connectivity index (χ1v) is 2.60. The van der Waals surface area contributed by atoms with E-state index in [1.165, 1.54) is 0 Å². The third kappa shape index (κ3) is 7.53. The molecule has 0 heterocycles. The average Bonchev–Trinajstić information content (AvgIpc) is 1.63. The van der Waals surface area contributed by atoms with Gasteiger partial charge in [-0.05, 0) is 12.8 Å². The molecule has 0 aromatic carbocycles. The van der Waals surface area contributed by atoms with Gasteiger partial charge in [0.05, 0.1) is 0 Å². The lowest BCUT2D eigenvalue weighted by Gasteiger charge is -1.95. The molecule has 0 unspecified atom stereocenters. The normalized spacial score (nSPS) is 12.9. The lowest BCUT2D eigenvalue weighted by Crippen LogP contribution is -2.00. The average molecular weight is 137 g/mol. The molecule has 0 nitrogen and oxygen atoms in total. The minimum absolute atomic E-state index is 0.234. The van der Waals surface area contributed by atoms with Gasteiger partial charge in [0, 0.05) is 6.08 Å². The van der Waals surface area contributed by atoms with Crippen LogP contribution >= 0.6 is 0 Å². The first-order chi connectivity index (χ1) is 4.06. The second kappa shape index (κ2) is 3.54. The van der Waals surface area contributed by atoms with Crippen LogP contribution in [-0.4, -0.2) is 6.18 Å². The molecule has 0 aliphatic rings. The minimum Gasteiger partial charge on any atom is -0.167 e. The van der Waals surface area contributed by atoms with E-state index in [0.717, 1.165) is 6.08 Å². The molecule has 0 spiro atoms. The Morgan fingerprint density at radius 3 is 2.22 bits per heavy atom. The van der Waals surface area contributed by atoms with Crippen LogP contribution in [0.3, 0.4) is 0 Å². The van der Waals surface area contributed by atoms with Gasteiger partial charge in [-0.15, -0.1) is 0 Å². The topological polar surface area (TPSA) is 0 Å². The maximum absolute atomic E-state index is 11.3. The zero-order valence-corrected chi connectivity index (χ0v) is 4.91. The second-order valence-electron chi connectivity index (χ2n) is 1.59. The number of halogens is 3. The molecule has 53 valence electrons. The van der Waals surface area contributed by atoms with Crippen molar-refractivity contribution in [2.75, 3.05) is 0 Å². The van der Waals surface area contributed by atoms with Crippen LogP contribution < -0.4 is 0 Å². The van der Waals surface area contributed by atoms with Gasteiger partial charge in [0.25, 0.3) is 0 Å². The number of hydrogen-bond acceptors (Lipinski definition) is 0. The van der Waals surface area contributed by atoms with Crippen molar-refractivity contribution in [2.24, 2.45) is 0 Å². The van der Waals surface area contributed by atoms with Crippen LogP contribution in [0.4, 0.5) is 13.2 Å². The first kappa shape index (κ1) is 8.53. The molecule has 0 saturated carbocycles. The van der Waals surface area contributed by atoms with E-state index in [-0.39, 0.29) is 6.08 Å². The van der Waals surface area contributed by atoms with Crippen LogP contribution in [0, 0.1) is 6.92 Å². The molecule has 0 aliphatic carbocycles. The third-order valence-electron chi connectivity index (χ3n) is 0.678. The van der Waals surface area contributed by atoms with Crippen LogP contribution in [0.5, 0.6) is 0 Å². The molecule has 0 fully saturated rings. The quantitative estimate of drug-likeness (QED) is 0.513. The summed E-state index contributed by atoms with van der Waals surface area (Å²) in [5, 5.41) is 0. The van der Waals surface area contributed by atoms with Gasteiger partial charge in [-0.3, -0.25) is 0 Å². The molecule has 0 rings (SSSR count). The van der Waals surface area contributed by atoms with Crippen LogP contribution in [0.15, 0.2) is 12.2 Å². The molecule has 3 heteroatoms. The molecular weight excluding hydrogens is 129 g/mol. The standard InChI is InChI=1S/C6H8F3/c1-2-3-4-5-6(7,8)9/h4-5H,1-3H2/b5-4+. The SMILES string of the molecule is [CH2]CC/C=C/C(F)(F)F. The maximum atomic E-state index is 11.3. The van der Waals surface area contributed by atoms with Crippen LogP contribution in [0.2, 0.25) is 0 Å². The third-order valence-corrected chi connectivity index (χ3v) is 0.678. The Labute approximate surface area is 52.4 Å². The number of hydrogen-bond donors (Lipinski definition) is 0. The summed E-state index contributed by atoms with van der Waals surface area (Å²) in [6, 6.07) is 0. The van der Waals surface area contributed by atoms with Crippen LogP contribution in [-0.2, 0) is 0 Å². The van der Waals surface area contributed by atoms with E-state index in [1.54, 1.807) is 0 Å². The summed E-state index contributed by atoms with van der Waals surface area (Å²) >= 11 is 0. The highest BCUT2D eigenvalue weighted by Crippen LogP contribution is 2.16. The summed E-state index contributed by atoms with van der Waals surface area (Å²) in [4.78, 5) is 0. The van der Waals surface area contributed by atoms with Crippen LogP contribution in [0.25, 0.3) is 0 Å². The Morgan fingerprint density at radius 2 is 1.89 bits per heavy atom. The Morgan fingerprint density at radius 1 is 1.33 bits per heavy atom. The highest BCUT2D eigenvalue weighted by atomic mass is 19.4. The van der Waals surface area contributed by atoms with Crippen molar-refractivity contribution in [3.63, 3.8) is 0 Å². The summed E-state index contributed by atoms with van der Waals surface area (Å²) in [6.45, 7) is 3.39. The Hall–Kier alpha value is -0.470. The van der Waals surface area contributed by atoms with E-state index in [4.69, 9.17) is 0 Å². The van der Waals surface area contributed by atoms with Gasteiger partial charge in [0.1, 0.15) is 0 Å². The van der Waals surface area contributed by atoms with Gasteiger partial charge in [0.2, 0.25) is 0 Å². The highest BCUT2D eigenvalue weighted by molar-refractivity contribution is 4.88. The molecule has 0 saturated heterocycles. The second-order valence-corrected chi connectivity index (χ2v) is 1.59. The number of allylic oxidation sites excluding steroid dienone is 2. The minimum atomic E-state index is -4.16. The predicted molar refractivity (Wildman–Crippen MR) is 29.8 cm³/mol. The maximum Gasteiger partial charge on any atom is 0.409 e. The number of rotatable bonds is 2. The Kier molecular flexibility index (Phi) is 3.35. The van der Waals surface area contributed by atoms with Crippen molar-refractivity contribution in [1.29, 1.82) is 0 Å². The van der Waals surface area contributed by atoms with E-state index in [9.17, 15) is 13.2 Å². The molecule has 0 aliphatic heterocycles. The fourth-order valence-corrected chi connectivity index (χ4v) is 0.335. The largest absolute Gasteiger partial charge is 0.409 e. The molecule has 1 radical (unpaired) electrons. The fraction of sp³-hybridized carbons (Fsp3) is 0.500. The summed E-state index contributed by atoms with van der Waals surface area (Å²) in [6.07, 6.45) is -1.95. The molecule has 0 aromatic rings. The van der Waals surface area contributed by atoms with Gasteiger partial charge in [0.15, 0.2) is 0 Å². The molecule has 0 amide bonds. The monoisotopic (exact) mass is 137 g/mol. The van der Waals surface area contributed by atoms with E-state index in [2.05, 4.69) is 6.92 Å². The van der Waals surface area contributed by atoms with Gasteiger partial charge in [-0.25, -0.2) is 0 Å². The molecule has 0 bridgehead atoms. The number of alkyl halides is 3. The lowest BCUT2D eigenvalue weighted by atomic mass is 10.3. The molecular formula is C6H8F3. The van der Waals surface area contributed by atoms with E-state index in [1.807, 2.05) is 0 Å². The fourth-order valence-electron chi connectivity index (χ4n) is 0.335. The zero-order valence-electron chi connectivity index (χ0n) is 4.91. The van der Waals surface area contributed by atoms with Gasteiger partial charge in [-0.1, -0.05) is 13.0 Å². The lowest BCUT2D eigenvalue weighted by molar-refractivity contribution is -0.0800. The van der Waals surface area contributed by atoms with Crippen molar-refractivity contribution >= 4 is 0 Å². The van der Waals surface area contributed by atoms with Crippen molar-refractivity contribution < 1.29 is 13.2 Å². The van der Waals surface area contributed by atoms with E-state index in [0.29, 0.717) is 12.8 Å². The van der Waals surface area contributed by atoms with Crippen molar-refractivity contribution in [1.82, 2.24) is 0 Å². The summed E-state index contributed by atoms with van der Waals surface area (Å²) in [5.74, 6) is 0. The van der Waals surface area contributed by atoms with Crippen molar-refractivity contribution in [3.05, 3.63) is 19.1 Å². The molecule has 0 N–H and O–H groups in total. The summed E-state index contributed by atoms with van der Waals surface area (Å²) < 4.78 is 33.8. The number of unbranched alkanes of at least 4 members (excludes halogenated alkanes) is 1. The van der Waals surface area contributed by atoms with Gasteiger partial charge >= 0.3 is 6.18 Å². The van der Waals surface area contributed by atoms with Gasteiger partial charge in [-0.2, -0.15) is 13.2 Å². The van der Waals surface area contributed by atoms with Gasteiger partial charge < -0.3 is 0 Å². The smallest absolute Gasteiger partial charge is 0.167 e. The zero-order chi connectivity index (χ0) is 7.33. The summed E-state index contributed by atoms with van der Waals surface area (Å²) in [5.41, 5.74) is 0. The van der Waals surface area contributed by atoms with Crippen molar-refractivity contribution in [2.45, 2.75) is 19.0 Å². The molecule has 0 aromatic heterocycles. The van der Waals surface area contributed by atoms with E-state index < -0.39 is 6.18 Å². The van der Waals surface area contributed by atoms with Crippen LogP contribution in [0.1, 0.15) is 12.8 Å². The van der Waals surface area contributed by atoms with Crippen molar-refractivity contribution in [3.8, 4) is 0 Å². The van der Waals surface area contributed by atoms with E-state index >= 15 is 0 Å². The first-order valence-electron chi connectivity index (χ1n) is 2.60. The molecule has 0 atom stereocenters. The molecule has 9 heavy (non-hydrogen) atoms. The summed E-state index contributed by atoms with van der Waals surface area (Å²) in [7, 11) is 0.